The molecule has 0 unspecified atom stereocenters. The van der Waals surface area contributed by atoms with Crippen LogP contribution in [0.25, 0.3) is 22.3 Å². The number of anilines is 1. The van der Waals surface area contributed by atoms with Gasteiger partial charge in [0.1, 0.15) is 6.10 Å². The molecule has 1 N–H and O–H groups in total. The maximum absolute atomic E-state index is 12.5. The first-order valence-corrected chi connectivity index (χ1v) is 14.6. The summed E-state index contributed by atoms with van der Waals surface area (Å²) in [6, 6.07) is 9.00. The van der Waals surface area contributed by atoms with Gasteiger partial charge >= 0.3 is 6.01 Å². The summed E-state index contributed by atoms with van der Waals surface area (Å²) in [5, 5.41) is 1.12. The Kier molecular flexibility index (Phi) is 7.68. The zero-order valence-corrected chi connectivity index (χ0v) is 23.1. The van der Waals surface area contributed by atoms with Gasteiger partial charge in [-0.1, -0.05) is 12.8 Å². The fourth-order valence-corrected chi connectivity index (χ4v) is 6.54. The summed E-state index contributed by atoms with van der Waals surface area (Å²) < 4.78 is 12.6. The Morgan fingerprint density at radius 2 is 1.85 bits per heavy atom. The minimum atomic E-state index is 0. The van der Waals surface area contributed by atoms with E-state index in [1.54, 1.807) is 4.90 Å². The van der Waals surface area contributed by atoms with Gasteiger partial charge in [0.2, 0.25) is 11.9 Å². The van der Waals surface area contributed by atoms with Gasteiger partial charge in [-0.15, -0.1) is 0 Å². The number of benzene rings is 1. The number of aromatic amines is 1. The lowest BCUT2D eigenvalue weighted by atomic mass is 9.89. The molecule has 0 radical (unpaired) electrons. The first kappa shape index (κ1) is 26.0. The first-order chi connectivity index (χ1) is 19.0. The van der Waals surface area contributed by atoms with Crippen LogP contribution in [0.1, 0.15) is 65.6 Å². The van der Waals surface area contributed by atoms with Crippen LogP contribution in [0, 0.1) is 5.92 Å². The van der Waals surface area contributed by atoms with Crippen molar-refractivity contribution < 1.29 is 15.7 Å². The summed E-state index contributed by atoms with van der Waals surface area (Å²) in [5.74, 6) is 1.68. The Labute approximate surface area is 231 Å². The number of rotatable bonds is 5. The van der Waals surface area contributed by atoms with E-state index in [4.69, 9.17) is 24.4 Å². The molecule has 1 amide bonds. The number of carbonyl (C=O) groups excluding carboxylic acids is 1. The Morgan fingerprint density at radius 3 is 2.67 bits per heavy atom. The van der Waals surface area contributed by atoms with Crippen molar-refractivity contribution in [3.8, 4) is 17.4 Å². The third-order valence-electron chi connectivity index (χ3n) is 8.62. The summed E-state index contributed by atoms with van der Waals surface area (Å²) in [5.41, 5.74) is 2.04. The van der Waals surface area contributed by atoms with Crippen molar-refractivity contribution in [2.24, 2.45) is 5.92 Å². The molecular weight excluding hydrogens is 492 g/mol. The fraction of sp³-hybridized carbons (Fsp3) is 0.600. The minimum Gasteiger partial charge on any atom is -0.460 e. The van der Waals surface area contributed by atoms with Crippen molar-refractivity contribution in [2.45, 2.75) is 82.5 Å². The average molecular weight is 535 g/mol. The highest BCUT2D eigenvalue weighted by Gasteiger charge is 2.36. The number of nitrogens with one attached hydrogen (secondary N) is 1. The largest absolute Gasteiger partial charge is 0.460 e. The van der Waals surface area contributed by atoms with Crippen LogP contribution in [0.15, 0.2) is 30.5 Å². The van der Waals surface area contributed by atoms with Gasteiger partial charge in [0.05, 0.1) is 18.8 Å². The van der Waals surface area contributed by atoms with Crippen molar-refractivity contribution in [2.75, 3.05) is 32.1 Å². The smallest absolute Gasteiger partial charge is 0.322 e. The molecular formula is C30H42N6O3. The second kappa shape index (κ2) is 11.5. The minimum absolute atomic E-state index is 0. The van der Waals surface area contributed by atoms with Gasteiger partial charge in [-0.2, -0.15) is 15.0 Å². The van der Waals surface area contributed by atoms with Crippen LogP contribution in [-0.2, 0) is 9.53 Å². The summed E-state index contributed by atoms with van der Waals surface area (Å²) in [6.07, 6.45) is 12.3. The van der Waals surface area contributed by atoms with Crippen molar-refractivity contribution in [1.29, 1.82) is 0 Å². The molecule has 0 bridgehead atoms. The lowest BCUT2D eigenvalue weighted by molar-refractivity contribution is -0.133. The summed E-state index contributed by atoms with van der Waals surface area (Å²) in [4.78, 5) is 34.6. The number of ether oxygens (including phenoxy) is 2. The monoisotopic (exact) mass is 534 g/mol. The Bertz CT molecular complexity index is 1290. The number of nitrogens with zero attached hydrogens (tertiary/aromatic N) is 5. The third kappa shape index (κ3) is 5.73. The van der Waals surface area contributed by atoms with Crippen LogP contribution in [0.3, 0.4) is 0 Å². The van der Waals surface area contributed by atoms with E-state index < -0.39 is 0 Å². The van der Waals surface area contributed by atoms with Crippen LogP contribution in [-0.4, -0.2) is 76.2 Å². The molecule has 3 aliphatic rings. The van der Waals surface area contributed by atoms with Crippen LogP contribution in [0.5, 0.6) is 6.01 Å². The molecule has 2 aromatic heterocycles. The van der Waals surface area contributed by atoms with Gasteiger partial charge in [0, 0.05) is 50.6 Å². The topological polar surface area (TPSA) is 96.5 Å². The second-order valence-corrected chi connectivity index (χ2v) is 11.5. The van der Waals surface area contributed by atoms with E-state index in [0.29, 0.717) is 24.4 Å². The summed E-state index contributed by atoms with van der Waals surface area (Å²) in [6.45, 7) is 1.45. The van der Waals surface area contributed by atoms with Crippen LogP contribution in [0.4, 0.5) is 5.95 Å². The van der Waals surface area contributed by atoms with Gasteiger partial charge < -0.3 is 24.3 Å². The molecule has 2 atom stereocenters. The third-order valence-corrected chi connectivity index (χ3v) is 8.62. The Balaban J connectivity index is 0.00000323. The fourth-order valence-electron chi connectivity index (χ4n) is 6.54. The maximum atomic E-state index is 12.5. The van der Waals surface area contributed by atoms with E-state index in [0.717, 1.165) is 74.4 Å². The number of carbonyl (C=O) groups is 1. The quantitative estimate of drug-likeness (QED) is 0.479. The van der Waals surface area contributed by atoms with E-state index in [2.05, 4.69) is 34.1 Å². The lowest BCUT2D eigenvalue weighted by Gasteiger charge is -2.43. The lowest BCUT2D eigenvalue weighted by Crippen LogP contribution is -2.53. The highest BCUT2D eigenvalue weighted by molar-refractivity contribution is 5.84. The highest BCUT2D eigenvalue weighted by Crippen LogP contribution is 2.33. The SMILES string of the molecule is CN(C)C(=O)C1CCCC(Oc2nc(-c3ccc4[nH]ccc4c3)nc(N3CCO[C@@H]4CCCC[C@H]43)n2)CCC1.[HH]. The number of amides is 1. The number of hydrogen-bond donors (Lipinski definition) is 1. The zero-order valence-electron chi connectivity index (χ0n) is 23.1. The molecule has 1 aromatic carbocycles. The van der Waals surface area contributed by atoms with E-state index in [-0.39, 0.29) is 31.5 Å². The van der Waals surface area contributed by atoms with Crippen molar-refractivity contribution in [1.82, 2.24) is 24.8 Å². The first-order valence-electron chi connectivity index (χ1n) is 14.6. The van der Waals surface area contributed by atoms with E-state index in [1.807, 2.05) is 20.3 Å². The molecule has 3 fully saturated rings. The highest BCUT2D eigenvalue weighted by atomic mass is 16.5. The zero-order chi connectivity index (χ0) is 26.8. The normalized spacial score (nSPS) is 25.9. The predicted octanol–water partition coefficient (Wildman–Crippen LogP) is 5.22. The molecule has 0 spiro atoms. The van der Waals surface area contributed by atoms with Gasteiger partial charge in [0.15, 0.2) is 5.82 Å². The molecule has 1 saturated heterocycles. The predicted molar refractivity (Wildman–Crippen MR) is 153 cm³/mol. The van der Waals surface area contributed by atoms with Gasteiger partial charge in [-0.05, 0) is 75.6 Å². The second-order valence-electron chi connectivity index (χ2n) is 11.5. The molecule has 210 valence electrons. The Morgan fingerprint density at radius 1 is 1.03 bits per heavy atom. The number of hydrogen-bond acceptors (Lipinski definition) is 7. The van der Waals surface area contributed by atoms with E-state index >= 15 is 0 Å². The maximum Gasteiger partial charge on any atom is 0.322 e. The van der Waals surface area contributed by atoms with Gasteiger partial charge in [0.25, 0.3) is 0 Å². The van der Waals surface area contributed by atoms with Crippen LogP contribution >= 0.6 is 0 Å². The van der Waals surface area contributed by atoms with Gasteiger partial charge in [-0.3, -0.25) is 4.79 Å². The van der Waals surface area contributed by atoms with Crippen LogP contribution < -0.4 is 9.64 Å². The molecule has 2 saturated carbocycles. The van der Waals surface area contributed by atoms with Crippen LogP contribution in [0.2, 0.25) is 0 Å². The number of fused-ring (bicyclic) bond motifs is 2. The standard InChI is InChI=1S/C30H40N6O3.H2/c1-35(2)28(37)20-7-5-9-23(10-6-8-20)39-30-33-27(22-13-14-24-21(19-22)15-16-31-24)32-29(34-30)36-17-18-38-26-12-4-3-11-25(26)36;/h13-16,19-20,23,25-26,31H,3-12,17-18H2,1-2H3;1H/t20?,23?,25-,26-;/m1./s1. The Hall–Kier alpha value is -3.20. The number of aromatic nitrogens is 4. The summed E-state index contributed by atoms with van der Waals surface area (Å²) >= 11 is 0. The molecule has 6 rings (SSSR count). The molecule has 3 heterocycles. The summed E-state index contributed by atoms with van der Waals surface area (Å²) in [7, 11) is 3.70. The molecule has 2 aliphatic carbocycles. The van der Waals surface area contributed by atoms with Crippen molar-refractivity contribution in [3.63, 3.8) is 0 Å². The van der Waals surface area contributed by atoms with Crippen molar-refractivity contribution >= 4 is 22.8 Å². The van der Waals surface area contributed by atoms with E-state index in [1.165, 1.54) is 12.8 Å². The number of morpholine rings is 1. The molecule has 9 nitrogen and oxygen atoms in total. The molecule has 9 heteroatoms. The molecule has 3 aromatic rings. The van der Waals surface area contributed by atoms with E-state index in [9.17, 15) is 4.79 Å². The number of H-pyrrole nitrogens is 1. The molecule has 1 aliphatic heterocycles. The van der Waals surface area contributed by atoms with Crippen molar-refractivity contribution in [3.05, 3.63) is 30.5 Å². The van der Waals surface area contributed by atoms with Gasteiger partial charge in [-0.25, -0.2) is 0 Å². The average Bonchev–Trinajstić information content (AvgIpc) is 3.42. The molecule has 39 heavy (non-hydrogen) atoms.